The Labute approximate surface area is 127 Å². The zero-order valence-corrected chi connectivity index (χ0v) is 13.0. The van der Waals surface area contributed by atoms with Crippen molar-refractivity contribution in [2.75, 3.05) is 5.88 Å². The largest absolute Gasteiger partial charge is 0.444 e. The number of ketones is 1. The van der Waals surface area contributed by atoms with Crippen LogP contribution in [0.3, 0.4) is 0 Å². The topological polar surface area (TPSA) is 55.4 Å². The van der Waals surface area contributed by atoms with Crippen molar-refractivity contribution in [2.24, 2.45) is 17.8 Å². The molecule has 120 valence electrons. The maximum absolute atomic E-state index is 13.2. The summed E-state index contributed by atoms with van der Waals surface area (Å²) in [5, 5.41) is 2.49. The monoisotopic (exact) mass is 323 g/mol. The van der Waals surface area contributed by atoms with Gasteiger partial charge in [0.15, 0.2) is 5.78 Å². The number of amides is 1. The smallest absolute Gasteiger partial charge is 0.408 e. The molecular weight excluding hydrogens is 304 g/mol. The summed E-state index contributed by atoms with van der Waals surface area (Å²) in [6.45, 7) is 5.11. The van der Waals surface area contributed by atoms with Crippen LogP contribution in [0.15, 0.2) is 0 Å². The molecule has 0 aromatic rings. The molecule has 0 saturated heterocycles. The number of nitrogens with one attached hydrogen (secondary N) is 1. The normalized spacial score (nSPS) is 31.2. The molecule has 4 atom stereocenters. The Morgan fingerprint density at radius 1 is 1.33 bits per heavy atom. The molecule has 2 saturated carbocycles. The van der Waals surface area contributed by atoms with Crippen molar-refractivity contribution in [3.63, 3.8) is 0 Å². The van der Waals surface area contributed by atoms with Crippen molar-refractivity contribution in [3.8, 4) is 0 Å². The van der Waals surface area contributed by atoms with Crippen LogP contribution in [0.4, 0.5) is 13.6 Å². The van der Waals surface area contributed by atoms with Gasteiger partial charge in [0.05, 0.1) is 11.9 Å². The third-order valence-electron chi connectivity index (χ3n) is 4.10. The lowest BCUT2D eigenvalue weighted by Crippen LogP contribution is -2.48. The van der Waals surface area contributed by atoms with E-state index in [1.807, 2.05) is 0 Å². The molecule has 21 heavy (non-hydrogen) atoms. The van der Waals surface area contributed by atoms with E-state index in [9.17, 15) is 18.4 Å². The average Bonchev–Trinajstić information content (AvgIpc) is 2.75. The molecular formula is C14H20ClF2NO3. The molecule has 0 bridgehead atoms. The molecule has 1 N–H and O–H groups in total. The molecule has 2 rings (SSSR count). The highest BCUT2D eigenvalue weighted by Crippen LogP contribution is 2.66. The number of hydrogen-bond donors (Lipinski definition) is 1. The molecule has 0 spiro atoms. The van der Waals surface area contributed by atoms with E-state index in [0.29, 0.717) is 0 Å². The van der Waals surface area contributed by atoms with Crippen LogP contribution < -0.4 is 5.32 Å². The fourth-order valence-electron chi connectivity index (χ4n) is 3.10. The van der Waals surface area contributed by atoms with E-state index >= 15 is 0 Å². The second-order valence-corrected chi connectivity index (χ2v) is 7.11. The Hall–Kier alpha value is -0.910. The first-order valence-electron chi connectivity index (χ1n) is 7.02. The van der Waals surface area contributed by atoms with Crippen molar-refractivity contribution < 1.29 is 23.1 Å². The number of fused-ring (bicyclic) bond motifs is 1. The number of rotatable bonds is 4. The maximum Gasteiger partial charge on any atom is 0.408 e. The minimum Gasteiger partial charge on any atom is -0.444 e. The SMILES string of the molecule is CC(C)(C)OC(=O)N[C@H](C(=O)CCl)C1C[C@@H]2[C@H](C1)C2(F)F. The fourth-order valence-corrected chi connectivity index (χ4v) is 3.27. The predicted molar refractivity (Wildman–Crippen MR) is 73.5 cm³/mol. The highest BCUT2D eigenvalue weighted by Gasteiger charge is 2.72. The summed E-state index contributed by atoms with van der Waals surface area (Å²) >= 11 is 5.56. The molecule has 0 aromatic heterocycles. The molecule has 2 fully saturated rings. The van der Waals surface area contributed by atoms with Crippen molar-refractivity contribution in [1.29, 1.82) is 0 Å². The third-order valence-corrected chi connectivity index (χ3v) is 4.36. The van der Waals surface area contributed by atoms with Gasteiger partial charge in [0, 0.05) is 11.8 Å². The second kappa shape index (κ2) is 5.38. The summed E-state index contributed by atoms with van der Waals surface area (Å²) in [5.41, 5.74) is -0.691. The number of carbonyl (C=O) groups is 2. The zero-order valence-electron chi connectivity index (χ0n) is 12.3. The van der Waals surface area contributed by atoms with Gasteiger partial charge in [0.25, 0.3) is 5.92 Å². The van der Waals surface area contributed by atoms with Crippen LogP contribution in [-0.2, 0) is 9.53 Å². The lowest BCUT2D eigenvalue weighted by molar-refractivity contribution is -0.120. The van der Waals surface area contributed by atoms with Crippen molar-refractivity contribution in [1.82, 2.24) is 5.32 Å². The van der Waals surface area contributed by atoms with Crippen LogP contribution in [0.2, 0.25) is 0 Å². The van der Waals surface area contributed by atoms with Crippen molar-refractivity contribution in [3.05, 3.63) is 0 Å². The lowest BCUT2D eigenvalue weighted by Gasteiger charge is -2.27. The van der Waals surface area contributed by atoms with Gasteiger partial charge in [-0.2, -0.15) is 0 Å². The van der Waals surface area contributed by atoms with E-state index < -0.39 is 35.5 Å². The Morgan fingerprint density at radius 2 is 1.86 bits per heavy atom. The van der Waals surface area contributed by atoms with Gasteiger partial charge in [-0.3, -0.25) is 4.79 Å². The highest BCUT2D eigenvalue weighted by molar-refractivity contribution is 6.28. The molecule has 4 nitrogen and oxygen atoms in total. The molecule has 0 heterocycles. The maximum atomic E-state index is 13.2. The van der Waals surface area contributed by atoms with Gasteiger partial charge in [-0.15, -0.1) is 11.6 Å². The number of alkyl carbamates (subject to hydrolysis) is 1. The number of alkyl halides is 3. The molecule has 2 aliphatic carbocycles. The summed E-state index contributed by atoms with van der Waals surface area (Å²) in [6, 6.07) is -0.846. The van der Waals surface area contributed by atoms with Crippen molar-refractivity contribution >= 4 is 23.5 Å². The quantitative estimate of drug-likeness (QED) is 0.809. The molecule has 7 heteroatoms. The molecule has 2 aliphatic rings. The molecule has 0 aromatic carbocycles. The van der Waals surface area contributed by atoms with Crippen LogP contribution in [0.25, 0.3) is 0 Å². The summed E-state index contributed by atoms with van der Waals surface area (Å²) in [6.07, 6.45) is -0.250. The second-order valence-electron chi connectivity index (χ2n) is 6.84. The van der Waals surface area contributed by atoms with Gasteiger partial charge in [0.1, 0.15) is 5.60 Å². The van der Waals surface area contributed by atoms with E-state index in [1.54, 1.807) is 20.8 Å². The van der Waals surface area contributed by atoms with Gasteiger partial charge < -0.3 is 10.1 Å². The number of halogens is 3. The highest BCUT2D eigenvalue weighted by atomic mass is 35.5. The summed E-state index contributed by atoms with van der Waals surface area (Å²) in [5.74, 6) is -4.84. The average molecular weight is 324 g/mol. The minimum atomic E-state index is -2.60. The molecule has 1 amide bonds. The first-order chi connectivity index (χ1) is 9.56. The van der Waals surface area contributed by atoms with Gasteiger partial charge in [-0.1, -0.05) is 0 Å². The molecule has 0 aliphatic heterocycles. The molecule has 1 unspecified atom stereocenters. The van der Waals surface area contributed by atoms with Crippen LogP contribution in [-0.4, -0.2) is 35.3 Å². The van der Waals surface area contributed by atoms with Crippen LogP contribution in [0.1, 0.15) is 33.6 Å². The van der Waals surface area contributed by atoms with Crippen LogP contribution in [0.5, 0.6) is 0 Å². The van der Waals surface area contributed by atoms with Gasteiger partial charge in [0.2, 0.25) is 0 Å². The van der Waals surface area contributed by atoms with E-state index in [1.165, 1.54) is 0 Å². The first-order valence-corrected chi connectivity index (χ1v) is 7.55. The van der Waals surface area contributed by atoms with Gasteiger partial charge >= 0.3 is 6.09 Å². The Bertz CT molecular complexity index is 436. The van der Waals surface area contributed by atoms with Crippen LogP contribution in [0, 0.1) is 17.8 Å². The Balaban J connectivity index is 1.97. The standard InChI is InChI=1S/C14H20ClF2NO3/c1-13(2,3)21-12(20)18-11(10(19)6-15)7-4-8-9(5-7)14(8,16)17/h7-9,11H,4-6H2,1-3H3,(H,18,20)/t7?,8-,9+,11-/m0/s1. The predicted octanol–water partition coefficient (Wildman–Crippen LogP) is 2.98. The van der Waals surface area contributed by atoms with Gasteiger partial charge in [-0.05, 0) is 39.5 Å². The van der Waals surface area contributed by atoms with E-state index in [-0.39, 0.29) is 30.4 Å². The van der Waals surface area contributed by atoms with E-state index in [2.05, 4.69) is 5.32 Å². The Morgan fingerprint density at radius 3 is 2.29 bits per heavy atom. The minimum absolute atomic E-state index is 0.237. The first kappa shape index (κ1) is 16.5. The summed E-state index contributed by atoms with van der Waals surface area (Å²) < 4.78 is 31.6. The summed E-state index contributed by atoms with van der Waals surface area (Å²) in [4.78, 5) is 23.7. The number of carbonyl (C=O) groups excluding carboxylic acids is 2. The van der Waals surface area contributed by atoms with Crippen LogP contribution >= 0.6 is 11.6 Å². The van der Waals surface area contributed by atoms with Gasteiger partial charge in [-0.25, -0.2) is 13.6 Å². The number of Topliss-reactive ketones (excluding diaryl/α,β-unsaturated/α-hetero) is 1. The van der Waals surface area contributed by atoms with E-state index in [0.717, 1.165) is 0 Å². The number of hydrogen-bond acceptors (Lipinski definition) is 3. The molecule has 0 radical (unpaired) electrons. The fraction of sp³-hybridized carbons (Fsp3) is 0.857. The number of ether oxygens (including phenoxy) is 1. The zero-order chi connectivity index (χ0) is 16.0. The van der Waals surface area contributed by atoms with Crippen molar-refractivity contribution in [2.45, 2.75) is 51.2 Å². The third kappa shape index (κ3) is 3.47. The van der Waals surface area contributed by atoms with E-state index in [4.69, 9.17) is 16.3 Å². The lowest BCUT2D eigenvalue weighted by atomic mass is 9.91. The Kier molecular flexibility index (Phi) is 4.21. The summed E-state index contributed by atoms with van der Waals surface area (Å²) in [7, 11) is 0.